The lowest BCUT2D eigenvalue weighted by molar-refractivity contribution is -0.156. The molecule has 1 unspecified atom stereocenters. The zero-order chi connectivity index (χ0) is 16.5. The van der Waals surface area contributed by atoms with E-state index >= 15 is 0 Å². The summed E-state index contributed by atoms with van der Waals surface area (Å²) in [5, 5.41) is 3.19. The first-order chi connectivity index (χ1) is 11.2. The van der Waals surface area contributed by atoms with Gasteiger partial charge in [-0.1, -0.05) is 7.43 Å². The van der Waals surface area contributed by atoms with E-state index in [1.165, 1.54) is 12.8 Å². The lowest BCUT2D eigenvalue weighted by atomic mass is 9.90. The van der Waals surface area contributed by atoms with Crippen LogP contribution in [0.5, 0.6) is 0 Å². The number of hydroxylamine groups is 1. The van der Waals surface area contributed by atoms with E-state index < -0.39 is 0 Å². The van der Waals surface area contributed by atoms with Crippen molar-refractivity contribution in [2.45, 2.75) is 64.5 Å². The molecule has 1 aliphatic carbocycles. The van der Waals surface area contributed by atoms with E-state index in [1.54, 1.807) is 7.11 Å². The summed E-state index contributed by atoms with van der Waals surface area (Å²) in [5.41, 5.74) is 2.85. The number of carbonyl (C=O) groups excluding carboxylic acids is 1. The Hall–Kier alpha value is -0.690. The number of hydrogen-bond donors (Lipinski definition) is 2. The van der Waals surface area contributed by atoms with Crippen LogP contribution in [0.4, 0.5) is 0 Å². The van der Waals surface area contributed by atoms with Crippen molar-refractivity contribution in [3.8, 4) is 0 Å². The number of nitrogens with zero attached hydrogens (tertiary/aromatic N) is 1. The van der Waals surface area contributed by atoms with Crippen LogP contribution in [0, 0.1) is 5.92 Å². The normalized spacial score (nSPS) is 21.4. The average Bonchev–Trinajstić information content (AvgIpc) is 3.06. The van der Waals surface area contributed by atoms with Gasteiger partial charge < -0.3 is 19.8 Å². The second kappa shape index (κ2) is 11.8. The molecule has 0 bridgehead atoms. The summed E-state index contributed by atoms with van der Waals surface area (Å²) in [4.78, 5) is 19.9. The SMILES string of the molecule is C.CNCCN1CCC(CC(NOC)C(=O)OC2CCCC2)CC1. The lowest BCUT2D eigenvalue weighted by Gasteiger charge is -2.33. The van der Waals surface area contributed by atoms with Crippen LogP contribution in [-0.4, -0.2) is 63.4 Å². The molecule has 1 saturated carbocycles. The maximum Gasteiger partial charge on any atom is 0.325 e. The van der Waals surface area contributed by atoms with Gasteiger partial charge >= 0.3 is 5.97 Å². The molecular weight excluding hydrogens is 306 g/mol. The van der Waals surface area contributed by atoms with Gasteiger partial charge in [0.05, 0.1) is 7.11 Å². The zero-order valence-corrected chi connectivity index (χ0v) is 14.7. The second-order valence-corrected chi connectivity index (χ2v) is 6.84. The minimum Gasteiger partial charge on any atom is -0.461 e. The Balaban J connectivity index is 0.00000288. The fourth-order valence-electron chi connectivity index (χ4n) is 3.64. The van der Waals surface area contributed by atoms with Crippen LogP contribution in [0.2, 0.25) is 0 Å². The number of carbonyl (C=O) groups is 1. The van der Waals surface area contributed by atoms with Crippen molar-refractivity contribution in [1.29, 1.82) is 0 Å². The molecule has 1 atom stereocenters. The van der Waals surface area contributed by atoms with E-state index in [-0.39, 0.29) is 25.5 Å². The Morgan fingerprint density at radius 2 is 1.88 bits per heavy atom. The number of rotatable bonds is 9. The molecule has 142 valence electrons. The first kappa shape index (κ1) is 21.4. The fraction of sp³-hybridized carbons (Fsp3) is 0.944. The van der Waals surface area contributed by atoms with Crippen LogP contribution in [0.15, 0.2) is 0 Å². The van der Waals surface area contributed by atoms with Gasteiger partial charge in [0.25, 0.3) is 0 Å². The highest BCUT2D eigenvalue weighted by Crippen LogP contribution is 2.25. The molecule has 2 N–H and O–H groups in total. The van der Waals surface area contributed by atoms with Gasteiger partial charge in [-0.05, 0) is 71.0 Å². The van der Waals surface area contributed by atoms with Gasteiger partial charge in [0.2, 0.25) is 0 Å². The number of hydrogen-bond acceptors (Lipinski definition) is 6. The molecule has 0 amide bonds. The van der Waals surface area contributed by atoms with Crippen molar-refractivity contribution in [3.63, 3.8) is 0 Å². The number of likely N-dealkylation sites (tertiary alicyclic amines) is 1. The Labute approximate surface area is 147 Å². The van der Waals surface area contributed by atoms with E-state index in [2.05, 4.69) is 15.7 Å². The van der Waals surface area contributed by atoms with E-state index in [9.17, 15) is 4.79 Å². The Bertz CT molecular complexity index is 340. The molecule has 2 rings (SSSR count). The Morgan fingerprint density at radius 3 is 2.46 bits per heavy atom. The quantitative estimate of drug-likeness (QED) is 0.493. The first-order valence-electron chi connectivity index (χ1n) is 9.09. The van der Waals surface area contributed by atoms with Crippen molar-refractivity contribution < 1.29 is 14.4 Å². The summed E-state index contributed by atoms with van der Waals surface area (Å²) in [5.74, 6) is 0.418. The van der Waals surface area contributed by atoms with Crippen LogP contribution in [0.1, 0.15) is 52.4 Å². The van der Waals surface area contributed by atoms with Crippen molar-refractivity contribution in [2.24, 2.45) is 5.92 Å². The van der Waals surface area contributed by atoms with E-state index in [0.29, 0.717) is 5.92 Å². The maximum atomic E-state index is 12.4. The molecule has 6 nitrogen and oxygen atoms in total. The second-order valence-electron chi connectivity index (χ2n) is 6.84. The van der Waals surface area contributed by atoms with Crippen LogP contribution in [0.25, 0.3) is 0 Å². The average molecular weight is 344 g/mol. The molecule has 0 aromatic rings. The summed E-state index contributed by atoms with van der Waals surface area (Å²) in [6.07, 6.45) is 7.57. The smallest absolute Gasteiger partial charge is 0.325 e. The van der Waals surface area contributed by atoms with Gasteiger partial charge in [-0.3, -0.25) is 4.79 Å². The molecule has 6 heteroatoms. The molecule has 0 aromatic carbocycles. The third-order valence-electron chi connectivity index (χ3n) is 5.08. The number of likely N-dealkylation sites (N-methyl/N-ethyl adjacent to an activating group) is 1. The third-order valence-corrected chi connectivity index (χ3v) is 5.08. The molecule has 1 aliphatic heterocycles. The van der Waals surface area contributed by atoms with Gasteiger partial charge in [0.15, 0.2) is 0 Å². The minimum absolute atomic E-state index is 0. The van der Waals surface area contributed by atoms with Crippen LogP contribution in [-0.2, 0) is 14.4 Å². The summed E-state index contributed by atoms with van der Waals surface area (Å²) in [7, 11) is 3.56. The summed E-state index contributed by atoms with van der Waals surface area (Å²) in [6.45, 7) is 4.37. The molecule has 1 saturated heterocycles. The van der Waals surface area contributed by atoms with E-state index in [0.717, 1.165) is 58.3 Å². The Kier molecular flexibility index (Phi) is 10.5. The molecule has 2 aliphatic rings. The van der Waals surface area contributed by atoms with Gasteiger partial charge in [-0.15, -0.1) is 0 Å². The van der Waals surface area contributed by atoms with Gasteiger partial charge in [0.1, 0.15) is 12.1 Å². The number of ether oxygens (including phenoxy) is 1. The number of esters is 1. The highest BCUT2D eigenvalue weighted by atomic mass is 16.6. The van der Waals surface area contributed by atoms with Crippen LogP contribution >= 0.6 is 0 Å². The molecule has 0 radical (unpaired) electrons. The van der Waals surface area contributed by atoms with Gasteiger partial charge in [-0.2, -0.15) is 5.48 Å². The van der Waals surface area contributed by atoms with Crippen molar-refractivity contribution >= 4 is 5.97 Å². The van der Waals surface area contributed by atoms with E-state index in [4.69, 9.17) is 9.57 Å². The molecular formula is C18H37N3O3. The highest BCUT2D eigenvalue weighted by Gasteiger charge is 2.29. The molecule has 1 heterocycles. The van der Waals surface area contributed by atoms with Gasteiger partial charge in [-0.25, -0.2) is 0 Å². The predicted octanol–water partition coefficient (Wildman–Crippen LogP) is 1.95. The lowest BCUT2D eigenvalue weighted by Crippen LogP contribution is -2.43. The predicted molar refractivity (Wildman–Crippen MR) is 96.7 cm³/mol. The maximum absolute atomic E-state index is 12.4. The third kappa shape index (κ3) is 7.05. The fourth-order valence-corrected chi connectivity index (χ4v) is 3.64. The topological polar surface area (TPSA) is 62.8 Å². The molecule has 0 aromatic heterocycles. The summed E-state index contributed by atoms with van der Waals surface area (Å²) in [6, 6.07) is -0.338. The molecule has 2 fully saturated rings. The number of nitrogens with one attached hydrogen (secondary N) is 2. The minimum atomic E-state index is -0.338. The van der Waals surface area contributed by atoms with Crippen LogP contribution in [0.3, 0.4) is 0 Å². The molecule has 24 heavy (non-hydrogen) atoms. The monoisotopic (exact) mass is 343 g/mol. The Morgan fingerprint density at radius 1 is 1.21 bits per heavy atom. The van der Waals surface area contributed by atoms with Crippen molar-refractivity contribution in [2.75, 3.05) is 40.3 Å². The van der Waals surface area contributed by atoms with Gasteiger partial charge in [0, 0.05) is 13.1 Å². The largest absolute Gasteiger partial charge is 0.461 e. The van der Waals surface area contributed by atoms with E-state index in [1.807, 2.05) is 7.05 Å². The van der Waals surface area contributed by atoms with Crippen molar-refractivity contribution in [1.82, 2.24) is 15.7 Å². The zero-order valence-electron chi connectivity index (χ0n) is 14.7. The number of piperidine rings is 1. The molecule has 0 spiro atoms. The van der Waals surface area contributed by atoms with Crippen molar-refractivity contribution in [3.05, 3.63) is 0 Å². The van der Waals surface area contributed by atoms with Crippen LogP contribution < -0.4 is 10.8 Å². The summed E-state index contributed by atoms with van der Waals surface area (Å²) >= 11 is 0. The standard InChI is InChI=1S/C17H33N3O3.CH4/c1-18-9-12-20-10-7-14(8-11-20)13-16(19-22-2)17(21)23-15-5-3-4-6-15;/h14-16,18-19H,3-13H2,1-2H3;1H4. The first-order valence-corrected chi connectivity index (χ1v) is 9.09. The highest BCUT2D eigenvalue weighted by molar-refractivity contribution is 5.75. The summed E-state index contributed by atoms with van der Waals surface area (Å²) < 4.78 is 5.64.